The number of benzene rings is 1. The number of hydrogen-bond acceptors (Lipinski definition) is 5. The molecule has 20 heavy (non-hydrogen) atoms. The number of rotatable bonds is 7. The third kappa shape index (κ3) is 5.46. The van der Waals surface area contributed by atoms with Gasteiger partial charge in [-0.25, -0.2) is 9.59 Å². The Labute approximate surface area is 131 Å². The topological polar surface area (TPSA) is 61.8 Å². The maximum Gasteiger partial charge on any atom is 0.338 e. The van der Waals surface area contributed by atoms with Gasteiger partial charge in [-0.1, -0.05) is 0 Å². The molecule has 0 atom stereocenters. The van der Waals surface area contributed by atoms with Gasteiger partial charge < -0.3 is 14.2 Å². The number of esters is 2. The monoisotopic (exact) mass is 392 g/mol. The predicted octanol–water partition coefficient (Wildman–Crippen LogP) is 2.66. The molecule has 1 aromatic carbocycles. The maximum atomic E-state index is 11.9. The molecule has 0 aliphatic heterocycles. The summed E-state index contributed by atoms with van der Waals surface area (Å²) in [6.45, 7) is 3.40. The van der Waals surface area contributed by atoms with Crippen molar-refractivity contribution in [3.8, 4) is 0 Å². The zero-order valence-electron chi connectivity index (χ0n) is 11.5. The minimum absolute atomic E-state index is 0.290. The van der Waals surface area contributed by atoms with Crippen LogP contribution < -0.4 is 0 Å². The van der Waals surface area contributed by atoms with Gasteiger partial charge in [-0.05, 0) is 47.7 Å². The first kappa shape index (κ1) is 16.9. The summed E-state index contributed by atoms with van der Waals surface area (Å²) in [6.07, 6.45) is 0.646. The summed E-state index contributed by atoms with van der Waals surface area (Å²) in [5.41, 5.74) is 0.675. The Morgan fingerprint density at radius 2 is 1.75 bits per heavy atom. The summed E-state index contributed by atoms with van der Waals surface area (Å²) in [5, 5.41) is 0. The van der Waals surface area contributed by atoms with Crippen LogP contribution in [0.25, 0.3) is 0 Å². The van der Waals surface area contributed by atoms with Crippen LogP contribution in [0.1, 0.15) is 34.1 Å². The summed E-state index contributed by atoms with van der Waals surface area (Å²) < 4.78 is 15.7. The van der Waals surface area contributed by atoms with E-state index in [2.05, 4.69) is 4.74 Å². The molecule has 0 saturated carbocycles. The molecule has 0 aliphatic rings. The normalized spacial score (nSPS) is 10.2. The average Bonchev–Trinajstić information content (AvgIpc) is 2.45. The lowest BCUT2D eigenvalue weighted by Crippen LogP contribution is -2.10. The zero-order chi connectivity index (χ0) is 15.0. The third-order valence-electron chi connectivity index (χ3n) is 2.42. The summed E-state index contributed by atoms with van der Waals surface area (Å²) in [5.74, 6) is -0.931. The molecular formula is C14H17IO5. The smallest absolute Gasteiger partial charge is 0.338 e. The highest BCUT2D eigenvalue weighted by molar-refractivity contribution is 14.1. The molecule has 0 radical (unpaired) electrons. The number of halogens is 1. The van der Waals surface area contributed by atoms with E-state index >= 15 is 0 Å². The molecule has 1 aromatic rings. The molecule has 6 heteroatoms. The van der Waals surface area contributed by atoms with Gasteiger partial charge in [-0.2, -0.15) is 0 Å². The highest BCUT2D eigenvalue weighted by atomic mass is 127. The summed E-state index contributed by atoms with van der Waals surface area (Å²) in [4.78, 5) is 23.4. The highest BCUT2D eigenvalue weighted by Gasteiger charge is 2.13. The summed E-state index contributed by atoms with van der Waals surface area (Å²) in [7, 11) is 1.30. The second-order valence-corrected chi connectivity index (χ2v) is 5.15. The van der Waals surface area contributed by atoms with Gasteiger partial charge in [-0.3, -0.25) is 0 Å². The number of hydrogen-bond donors (Lipinski definition) is 0. The van der Waals surface area contributed by atoms with Gasteiger partial charge in [0.15, 0.2) is 0 Å². The molecule has 0 fully saturated rings. The van der Waals surface area contributed by atoms with Crippen molar-refractivity contribution < 1.29 is 23.8 Å². The number of methoxy groups -OCH3 is 1. The first-order valence-corrected chi connectivity index (χ1v) is 7.30. The van der Waals surface area contributed by atoms with Gasteiger partial charge in [0.1, 0.15) is 0 Å². The van der Waals surface area contributed by atoms with E-state index in [9.17, 15) is 9.59 Å². The minimum atomic E-state index is -0.478. The van der Waals surface area contributed by atoms with Crippen molar-refractivity contribution in [1.29, 1.82) is 0 Å². The van der Waals surface area contributed by atoms with Crippen LogP contribution in [-0.2, 0) is 14.2 Å². The molecule has 0 heterocycles. The van der Waals surface area contributed by atoms with E-state index in [1.165, 1.54) is 13.2 Å². The Morgan fingerprint density at radius 1 is 1.10 bits per heavy atom. The molecule has 0 amide bonds. The van der Waals surface area contributed by atoms with Crippen molar-refractivity contribution in [2.24, 2.45) is 0 Å². The van der Waals surface area contributed by atoms with Crippen molar-refractivity contribution >= 4 is 34.5 Å². The molecule has 5 nitrogen and oxygen atoms in total. The second-order valence-electron chi connectivity index (χ2n) is 3.91. The molecule has 0 spiro atoms. The first-order chi connectivity index (χ1) is 9.58. The van der Waals surface area contributed by atoms with Gasteiger partial charge in [0.2, 0.25) is 0 Å². The molecule has 0 saturated heterocycles. The van der Waals surface area contributed by atoms with Gasteiger partial charge in [0, 0.05) is 23.2 Å². The van der Waals surface area contributed by atoms with Crippen LogP contribution >= 0.6 is 22.6 Å². The van der Waals surface area contributed by atoms with E-state index in [0.29, 0.717) is 30.8 Å². The van der Waals surface area contributed by atoms with E-state index in [0.717, 1.165) is 3.57 Å². The fraction of sp³-hybridized carbons (Fsp3) is 0.429. The van der Waals surface area contributed by atoms with Crippen LogP contribution in [-0.4, -0.2) is 38.9 Å². The van der Waals surface area contributed by atoms with E-state index < -0.39 is 11.9 Å². The van der Waals surface area contributed by atoms with Gasteiger partial charge in [-0.15, -0.1) is 0 Å². The van der Waals surface area contributed by atoms with Crippen molar-refractivity contribution in [3.63, 3.8) is 0 Å². The standard InChI is InChI=1S/C14H17IO5/c1-3-19-5-4-6-20-14(17)11-7-10(13(16)18-2)8-12(15)9-11/h7-9H,3-6H2,1-2H3. The maximum absolute atomic E-state index is 11.9. The van der Waals surface area contributed by atoms with Crippen LogP contribution in [0.3, 0.4) is 0 Å². The highest BCUT2D eigenvalue weighted by Crippen LogP contribution is 2.14. The van der Waals surface area contributed by atoms with Gasteiger partial charge in [0.25, 0.3) is 0 Å². The van der Waals surface area contributed by atoms with Gasteiger partial charge in [0.05, 0.1) is 24.8 Å². The summed E-state index contributed by atoms with van der Waals surface area (Å²) in [6, 6.07) is 4.79. The zero-order valence-corrected chi connectivity index (χ0v) is 13.6. The quantitative estimate of drug-likeness (QED) is 0.406. The largest absolute Gasteiger partial charge is 0.465 e. The van der Waals surface area contributed by atoms with Crippen molar-refractivity contribution in [3.05, 3.63) is 32.9 Å². The molecular weight excluding hydrogens is 375 g/mol. The SMILES string of the molecule is CCOCCCOC(=O)c1cc(I)cc(C(=O)OC)c1. The number of carbonyl (C=O) groups is 2. The van der Waals surface area contributed by atoms with Crippen LogP contribution in [0.4, 0.5) is 0 Å². The lowest BCUT2D eigenvalue weighted by molar-refractivity contribution is 0.0452. The van der Waals surface area contributed by atoms with Crippen molar-refractivity contribution in [2.75, 3.05) is 26.9 Å². The molecule has 0 unspecified atom stereocenters. The fourth-order valence-corrected chi connectivity index (χ4v) is 2.17. The van der Waals surface area contributed by atoms with Crippen molar-refractivity contribution in [1.82, 2.24) is 0 Å². The van der Waals surface area contributed by atoms with Crippen LogP contribution in [0, 0.1) is 3.57 Å². The van der Waals surface area contributed by atoms with Crippen LogP contribution in [0.5, 0.6) is 0 Å². The van der Waals surface area contributed by atoms with Crippen LogP contribution in [0.15, 0.2) is 18.2 Å². The number of ether oxygens (including phenoxy) is 3. The molecule has 110 valence electrons. The number of carbonyl (C=O) groups excluding carboxylic acids is 2. The lowest BCUT2D eigenvalue weighted by atomic mass is 10.1. The first-order valence-electron chi connectivity index (χ1n) is 6.22. The van der Waals surface area contributed by atoms with Crippen LogP contribution in [0.2, 0.25) is 0 Å². The van der Waals surface area contributed by atoms with Crippen molar-refractivity contribution in [2.45, 2.75) is 13.3 Å². The Hall–Kier alpha value is -1.15. The average molecular weight is 392 g/mol. The van der Waals surface area contributed by atoms with Gasteiger partial charge >= 0.3 is 11.9 Å². The van der Waals surface area contributed by atoms with E-state index in [1.807, 2.05) is 29.5 Å². The molecule has 0 N–H and O–H groups in total. The molecule has 0 bridgehead atoms. The Bertz CT molecular complexity index is 473. The summed E-state index contributed by atoms with van der Waals surface area (Å²) >= 11 is 2.03. The molecule has 0 aromatic heterocycles. The van der Waals surface area contributed by atoms with E-state index in [1.54, 1.807) is 12.1 Å². The minimum Gasteiger partial charge on any atom is -0.465 e. The second kappa shape index (κ2) is 8.91. The van der Waals surface area contributed by atoms with E-state index in [4.69, 9.17) is 9.47 Å². The Morgan fingerprint density at radius 3 is 2.35 bits per heavy atom. The fourth-order valence-electron chi connectivity index (χ4n) is 1.50. The lowest BCUT2D eigenvalue weighted by Gasteiger charge is -2.07. The Kier molecular flexibility index (Phi) is 7.53. The third-order valence-corrected chi connectivity index (χ3v) is 3.05. The molecule has 0 aliphatic carbocycles. The Balaban J connectivity index is 2.63. The van der Waals surface area contributed by atoms with E-state index in [-0.39, 0.29) is 6.61 Å². The molecule has 1 rings (SSSR count). The predicted molar refractivity (Wildman–Crippen MR) is 81.9 cm³/mol.